The first-order valence-corrected chi connectivity index (χ1v) is 9.63. The summed E-state index contributed by atoms with van der Waals surface area (Å²) < 4.78 is 5.80. The van der Waals surface area contributed by atoms with E-state index in [1.165, 1.54) is 6.42 Å². The minimum absolute atomic E-state index is 0.0219. The van der Waals surface area contributed by atoms with Crippen molar-refractivity contribution in [1.29, 1.82) is 0 Å². The summed E-state index contributed by atoms with van der Waals surface area (Å²) in [7, 11) is 0. The largest absolute Gasteiger partial charge is 0.457 e. The zero-order chi connectivity index (χ0) is 19.2. The maximum absolute atomic E-state index is 12.5. The van der Waals surface area contributed by atoms with Crippen LogP contribution in [0.25, 0.3) is 0 Å². The van der Waals surface area contributed by atoms with E-state index in [1.807, 2.05) is 65.6 Å². The van der Waals surface area contributed by atoms with Gasteiger partial charge < -0.3 is 15.0 Å². The van der Waals surface area contributed by atoms with E-state index in [-0.39, 0.29) is 5.91 Å². The molecule has 0 aliphatic carbocycles. The minimum atomic E-state index is 0.0219. The van der Waals surface area contributed by atoms with Crippen LogP contribution in [0.5, 0.6) is 11.5 Å². The highest BCUT2D eigenvalue weighted by Crippen LogP contribution is 2.24. The molecule has 1 amide bonds. The number of hydrogen-bond acceptors (Lipinski definition) is 4. The van der Waals surface area contributed by atoms with Gasteiger partial charge in [0.05, 0.1) is 11.9 Å². The second-order valence-corrected chi connectivity index (χ2v) is 6.85. The predicted molar refractivity (Wildman–Crippen MR) is 110 cm³/mol. The van der Waals surface area contributed by atoms with Crippen LogP contribution in [0.4, 0.5) is 11.4 Å². The third-order valence-electron chi connectivity index (χ3n) is 4.75. The number of anilines is 2. The van der Waals surface area contributed by atoms with E-state index < -0.39 is 0 Å². The van der Waals surface area contributed by atoms with Gasteiger partial charge in [0.25, 0.3) is 5.91 Å². The summed E-state index contributed by atoms with van der Waals surface area (Å²) in [6.45, 7) is 1.66. The molecule has 1 saturated heterocycles. The molecule has 2 aromatic carbocycles. The fourth-order valence-electron chi connectivity index (χ4n) is 3.25. The predicted octanol–water partition coefficient (Wildman–Crippen LogP) is 5.24. The lowest BCUT2D eigenvalue weighted by Crippen LogP contribution is -2.36. The first-order valence-electron chi connectivity index (χ1n) is 9.63. The average molecular weight is 373 g/mol. The Hall–Kier alpha value is -3.34. The molecule has 0 radical (unpaired) electrons. The van der Waals surface area contributed by atoms with E-state index in [0.29, 0.717) is 5.69 Å². The molecule has 1 aliphatic heterocycles. The van der Waals surface area contributed by atoms with E-state index in [1.54, 1.807) is 12.3 Å². The molecule has 1 N–H and O–H groups in total. The van der Waals surface area contributed by atoms with Crippen molar-refractivity contribution in [2.75, 3.05) is 18.4 Å². The Morgan fingerprint density at radius 3 is 2.18 bits per heavy atom. The van der Waals surface area contributed by atoms with Crippen LogP contribution in [0.15, 0.2) is 72.9 Å². The summed E-state index contributed by atoms with van der Waals surface area (Å²) in [4.78, 5) is 18.7. The number of carbonyl (C=O) groups excluding carboxylic acids is 1. The molecule has 3 aromatic rings. The fourth-order valence-corrected chi connectivity index (χ4v) is 3.25. The highest BCUT2D eigenvalue weighted by atomic mass is 16.5. The summed E-state index contributed by atoms with van der Waals surface area (Å²) in [6.07, 6.45) is 5.06. The highest BCUT2D eigenvalue weighted by Gasteiger charge is 2.18. The number of hydrogen-bond donors (Lipinski definition) is 1. The second kappa shape index (κ2) is 8.57. The van der Waals surface area contributed by atoms with Crippen LogP contribution in [0.2, 0.25) is 0 Å². The number of benzene rings is 2. The van der Waals surface area contributed by atoms with Crippen molar-refractivity contribution >= 4 is 17.3 Å². The molecule has 142 valence electrons. The Morgan fingerprint density at radius 1 is 0.821 bits per heavy atom. The van der Waals surface area contributed by atoms with Gasteiger partial charge in [-0.05, 0) is 67.8 Å². The zero-order valence-corrected chi connectivity index (χ0v) is 15.7. The first kappa shape index (κ1) is 18.0. The molecule has 0 bridgehead atoms. The molecule has 28 heavy (non-hydrogen) atoms. The lowest BCUT2D eigenvalue weighted by molar-refractivity contribution is 0.0718. The Balaban J connectivity index is 1.37. The van der Waals surface area contributed by atoms with Gasteiger partial charge in [0.1, 0.15) is 17.2 Å². The number of pyridine rings is 1. The van der Waals surface area contributed by atoms with Crippen LogP contribution in [-0.2, 0) is 0 Å². The fraction of sp³-hybridized carbons (Fsp3) is 0.217. The Kier molecular flexibility index (Phi) is 5.52. The van der Waals surface area contributed by atoms with E-state index >= 15 is 0 Å². The summed E-state index contributed by atoms with van der Waals surface area (Å²) in [5, 5.41) is 3.30. The van der Waals surface area contributed by atoms with Crippen LogP contribution in [0, 0.1) is 0 Å². The van der Waals surface area contributed by atoms with Gasteiger partial charge in [0, 0.05) is 18.8 Å². The van der Waals surface area contributed by atoms with Crippen LogP contribution in [0.1, 0.15) is 29.8 Å². The normalized spacial score (nSPS) is 13.8. The van der Waals surface area contributed by atoms with Crippen LogP contribution < -0.4 is 10.1 Å². The number of aromatic nitrogens is 1. The number of likely N-dealkylation sites (tertiary alicyclic amines) is 1. The van der Waals surface area contributed by atoms with Gasteiger partial charge in [-0.1, -0.05) is 18.2 Å². The molecular formula is C23H23N3O2. The standard InChI is InChI=1S/C23H23N3O2/c27-23(26-15-5-2-6-16-26)22-14-11-19(17-24-22)25-18-9-12-21(13-10-18)28-20-7-3-1-4-8-20/h1,3-4,7-14,17,25H,2,5-6,15-16H2. The Bertz CT molecular complexity index is 903. The summed E-state index contributed by atoms with van der Waals surface area (Å²) in [6, 6.07) is 21.1. The SMILES string of the molecule is O=C(c1ccc(Nc2ccc(Oc3ccccc3)cc2)cn1)N1CCCCC1. The van der Waals surface area contributed by atoms with E-state index in [0.717, 1.165) is 48.8 Å². The maximum Gasteiger partial charge on any atom is 0.272 e. The van der Waals surface area contributed by atoms with Gasteiger partial charge in [-0.25, -0.2) is 4.98 Å². The maximum atomic E-state index is 12.5. The van der Waals surface area contributed by atoms with Crippen molar-refractivity contribution in [3.8, 4) is 11.5 Å². The van der Waals surface area contributed by atoms with E-state index in [4.69, 9.17) is 4.74 Å². The second-order valence-electron chi connectivity index (χ2n) is 6.85. The first-order chi connectivity index (χ1) is 13.8. The third kappa shape index (κ3) is 4.49. The van der Waals surface area contributed by atoms with Crippen molar-refractivity contribution in [3.63, 3.8) is 0 Å². The summed E-state index contributed by atoms with van der Waals surface area (Å²) in [5.41, 5.74) is 2.27. The number of amides is 1. The lowest BCUT2D eigenvalue weighted by Gasteiger charge is -2.26. The van der Waals surface area contributed by atoms with Crippen LogP contribution in [0.3, 0.4) is 0 Å². The van der Waals surface area contributed by atoms with Crippen molar-refractivity contribution in [3.05, 3.63) is 78.6 Å². The molecule has 0 saturated carbocycles. The van der Waals surface area contributed by atoms with Crippen molar-refractivity contribution in [2.24, 2.45) is 0 Å². The smallest absolute Gasteiger partial charge is 0.272 e. The molecule has 0 spiro atoms. The van der Waals surface area contributed by atoms with Crippen molar-refractivity contribution in [1.82, 2.24) is 9.88 Å². The number of para-hydroxylation sites is 1. The zero-order valence-electron chi connectivity index (χ0n) is 15.7. The number of rotatable bonds is 5. The average Bonchev–Trinajstić information content (AvgIpc) is 2.76. The number of nitrogens with zero attached hydrogens (tertiary/aromatic N) is 2. The molecule has 4 rings (SSSR count). The lowest BCUT2D eigenvalue weighted by atomic mass is 10.1. The van der Waals surface area contributed by atoms with Crippen molar-refractivity contribution < 1.29 is 9.53 Å². The summed E-state index contributed by atoms with van der Waals surface area (Å²) >= 11 is 0. The molecule has 0 unspecified atom stereocenters. The number of carbonyl (C=O) groups is 1. The topological polar surface area (TPSA) is 54.5 Å². The van der Waals surface area contributed by atoms with Gasteiger partial charge in [-0.3, -0.25) is 4.79 Å². The molecule has 0 atom stereocenters. The molecule has 5 heteroatoms. The third-order valence-corrected chi connectivity index (χ3v) is 4.75. The van der Waals surface area contributed by atoms with E-state index in [9.17, 15) is 4.79 Å². The number of piperidine rings is 1. The molecule has 5 nitrogen and oxygen atoms in total. The quantitative estimate of drug-likeness (QED) is 0.664. The minimum Gasteiger partial charge on any atom is -0.457 e. The number of ether oxygens (including phenoxy) is 1. The monoisotopic (exact) mass is 373 g/mol. The van der Waals surface area contributed by atoms with Crippen LogP contribution >= 0.6 is 0 Å². The molecule has 1 aliphatic rings. The van der Waals surface area contributed by atoms with Gasteiger partial charge >= 0.3 is 0 Å². The molecule has 2 heterocycles. The van der Waals surface area contributed by atoms with E-state index in [2.05, 4.69) is 10.3 Å². The molecule has 1 fully saturated rings. The number of nitrogens with one attached hydrogen (secondary N) is 1. The van der Waals surface area contributed by atoms with Crippen molar-refractivity contribution in [2.45, 2.75) is 19.3 Å². The van der Waals surface area contributed by atoms with Gasteiger partial charge in [0.2, 0.25) is 0 Å². The van der Waals surface area contributed by atoms with Gasteiger partial charge in [-0.15, -0.1) is 0 Å². The highest BCUT2D eigenvalue weighted by molar-refractivity contribution is 5.92. The van der Waals surface area contributed by atoms with Gasteiger partial charge in [0.15, 0.2) is 0 Å². The Labute approximate surface area is 165 Å². The van der Waals surface area contributed by atoms with Gasteiger partial charge in [-0.2, -0.15) is 0 Å². The van der Waals surface area contributed by atoms with Crippen LogP contribution in [-0.4, -0.2) is 28.9 Å². The Morgan fingerprint density at radius 2 is 1.50 bits per heavy atom. The molecule has 1 aromatic heterocycles. The molecular weight excluding hydrogens is 350 g/mol. The summed E-state index contributed by atoms with van der Waals surface area (Å²) in [5.74, 6) is 1.60.